The van der Waals surface area contributed by atoms with Crippen molar-refractivity contribution in [1.29, 1.82) is 0 Å². The maximum atomic E-state index is 12.8. The highest BCUT2D eigenvalue weighted by Crippen LogP contribution is 2.35. The lowest BCUT2D eigenvalue weighted by Crippen LogP contribution is -2.52. The van der Waals surface area contributed by atoms with E-state index >= 15 is 0 Å². The van der Waals surface area contributed by atoms with Gasteiger partial charge in [0.25, 0.3) is 5.91 Å². The summed E-state index contributed by atoms with van der Waals surface area (Å²) in [4.78, 5) is 39.0. The summed E-state index contributed by atoms with van der Waals surface area (Å²) in [6.07, 6.45) is 0.656. The van der Waals surface area contributed by atoms with Gasteiger partial charge in [0.2, 0.25) is 11.8 Å². The first-order valence-corrected chi connectivity index (χ1v) is 9.55. The van der Waals surface area contributed by atoms with Gasteiger partial charge in [-0.15, -0.1) is 11.8 Å². The van der Waals surface area contributed by atoms with Crippen LogP contribution >= 0.6 is 11.8 Å². The fourth-order valence-electron chi connectivity index (χ4n) is 3.43. The molecule has 5 nitrogen and oxygen atoms in total. The Morgan fingerprint density at radius 3 is 2.62 bits per heavy atom. The molecular formula is C20H18N2O3S. The van der Waals surface area contributed by atoms with E-state index in [-0.39, 0.29) is 24.1 Å². The van der Waals surface area contributed by atoms with Crippen molar-refractivity contribution in [3.8, 4) is 0 Å². The average molecular weight is 366 g/mol. The largest absolute Gasteiger partial charge is 0.322 e. The summed E-state index contributed by atoms with van der Waals surface area (Å²) in [7, 11) is 0. The molecule has 0 aliphatic carbocycles. The molecule has 0 saturated carbocycles. The van der Waals surface area contributed by atoms with Crippen molar-refractivity contribution >= 4 is 29.5 Å². The Morgan fingerprint density at radius 1 is 1.04 bits per heavy atom. The lowest BCUT2D eigenvalue weighted by molar-refractivity contribution is -0.136. The van der Waals surface area contributed by atoms with Crippen molar-refractivity contribution in [2.45, 2.75) is 36.1 Å². The smallest absolute Gasteiger partial charge is 0.255 e. The van der Waals surface area contributed by atoms with E-state index in [0.29, 0.717) is 18.5 Å². The van der Waals surface area contributed by atoms with Gasteiger partial charge < -0.3 is 4.90 Å². The molecule has 2 heterocycles. The number of imide groups is 1. The summed E-state index contributed by atoms with van der Waals surface area (Å²) in [6, 6.07) is 15.3. The van der Waals surface area contributed by atoms with E-state index in [9.17, 15) is 14.4 Å². The third-order valence-electron chi connectivity index (χ3n) is 4.78. The molecule has 0 radical (unpaired) electrons. The molecule has 1 N–H and O–H groups in total. The van der Waals surface area contributed by atoms with Crippen LogP contribution in [0.3, 0.4) is 0 Å². The van der Waals surface area contributed by atoms with Gasteiger partial charge in [0, 0.05) is 29.2 Å². The molecule has 132 valence electrons. The maximum Gasteiger partial charge on any atom is 0.255 e. The molecule has 2 aliphatic rings. The Morgan fingerprint density at radius 2 is 1.85 bits per heavy atom. The third-order valence-corrected chi connectivity index (χ3v) is 5.95. The molecule has 0 spiro atoms. The predicted molar refractivity (Wildman–Crippen MR) is 98.5 cm³/mol. The number of amides is 3. The van der Waals surface area contributed by atoms with Crippen LogP contribution in [-0.2, 0) is 21.9 Å². The Hall–Kier alpha value is -2.60. The minimum absolute atomic E-state index is 0.128. The topological polar surface area (TPSA) is 66.5 Å². The first-order chi connectivity index (χ1) is 12.6. The highest BCUT2D eigenvalue weighted by atomic mass is 32.2. The predicted octanol–water partition coefficient (Wildman–Crippen LogP) is 2.74. The number of rotatable bonds is 4. The van der Waals surface area contributed by atoms with E-state index in [1.807, 2.05) is 36.4 Å². The van der Waals surface area contributed by atoms with Crippen molar-refractivity contribution in [2.75, 3.05) is 0 Å². The van der Waals surface area contributed by atoms with E-state index in [4.69, 9.17) is 0 Å². The molecule has 1 saturated heterocycles. The SMILES string of the molecule is O=C1CCC(N2Cc3c(SCc4ccccc4)cccc3C2=O)C(=O)N1. The molecule has 3 amide bonds. The van der Waals surface area contributed by atoms with Crippen LogP contribution in [0.25, 0.3) is 0 Å². The van der Waals surface area contributed by atoms with Crippen molar-refractivity contribution < 1.29 is 14.4 Å². The van der Waals surface area contributed by atoms with Gasteiger partial charge in [-0.1, -0.05) is 36.4 Å². The van der Waals surface area contributed by atoms with Gasteiger partial charge in [0.1, 0.15) is 6.04 Å². The number of nitrogens with one attached hydrogen (secondary N) is 1. The molecule has 0 aromatic heterocycles. The third kappa shape index (κ3) is 3.12. The van der Waals surface area contributed by atoms with E-state index in [1.165, 1.54) is 5.56 Å². The molecule has 1 fully saturated rings. The van der Waals surface area contributed by atoms with Crippen LogP contribution in [-0.4, -0.2) is 28.7 Å². The quantitative estimate of drug-likeness (QED) is 0.667. The summed E-state index contributed by atoms with van der Waals surface area (Å²) in [5.41, 5.74) is 2.86. The Labute approximate surface area is 155 Å². The molecule has 0 bridgehead atoms. The molecule has 2 aromatic rings. The monoisotopic (exact) mass is 366 g/mol. The van der Waals surface area contributed by atoms with Gasteiger partial charge in [-0.3, -0.25) is 19.7 Å². The number of fused-ring (bicyclic) bond motifs is 1. The van der Waals surface area contributed by atoms with Gasteiger partial charge in [0.05, 0.1) is 0 Å². The zero-order valence-corrected chi connectivity index (χ0v) is 14.9. The van der Waals surface area contributed by atoms with E-state index < -0.39 is 6.04 Å². The second kappa shape index (κ2) is 6.96. The Kier molecular flexibility index (Phi) is 4.51. The van der Waals surface area contributed by atoms with Crippen molar-refractivity contribution in [2.24, 2.45) is 0 Å². The Bertz CT molecular complexity index is 882. The number of carbonyl (C=O) groups is 3. The molecule has 2 aliphatic heterocycles. The zero-order valence-electron chi connectivity index (χ0n) is 14.1. The van der Waals surface area contributed by atoms with E-state index in [1.54, 1.807) is 16.7 Å². The molecule has 1 unspecified atom stereocenters. The van der Waals surface area contributed by atoms with Crippen LogP contribution in [0.2, 0.25) is 0 Å². The van der Waals surface area contributed by atoms with Crippen molar-refractivity contribution in [1.82, 2.24) is 10.2 Å². The van der Waals surface area contributed by atoms with Gasteiger partial charge in [-0.05, 0) is 29.7 Å². The summed E-state index contributed by atoms with van der Waals surface area (Å²) in [5, 5.41) is 2.34. The first-order valence-electron chi connectivity index (χ1n) is 8.57. The van der Waals surface area contributed by atoms with Crippen molar-refractivity contribution in [3.63, 3.8) is 0 Å². The minimum Gasteiger partial charge on any atom is -0.322 e. The average Bonchev–Trinajstić information content (AvgIpc) is 2.98. The fourth-order valence-corrected chi connectivity index (χ4v) is 4.47. The van der Waals surface area contributed by atoms with Gasteiger partial charge in [0.15, 0.2) is 0 Å². The van der Waals surface area contributed by atoms with Crippen LogP contribution in [0.1, 0.15) is 34.3 Å². The number of hydrogen-bond donors (Lipinski definition) is 1. The number of thioether (sulfide) groups is 1. The van der Waals surface area contributed by atoms with Crippen LogP contribution < -0.4 is 5.32 Å². The van der Waals surface area contributed by atoms with Crippen LogP contribution in [0.4, 0.5) is 0 Å². The van der Waals surface area contributed by atoms with E-state index in [0.717, 1.165) is 16.2 Å². The van der Waals surface area contributed by atoms with Crippen LogP contribution in [0.5, 0.6) is 0 Å². The number of benzene rings is 2. The second-order valence-corrected chi connectivity index (χ2v) is 7.47. The zero-order chi connectivity index (χ0) is 18.1. The molecule has 6 heteroatoms. The minimum atomic E-state index is -0.570. The standard InChI is InChI=1S/C20H18N2O3S/c23-18-10-9-16(19(24)21-18)22-11-15-14(20(22)25)7-4-8-17(15)26-12-13-5-2-1-3-6-13/h1-8,16H,9-12H2,(H,21,23,24). The first kappa shape index (κ1) is 16.8. The molecule has 2 aromatic carbocycles. The van der Waals surface area contributed by atoms with Crippen molar-refractivity contribution in [3.05, 3.63) is 65.2 Å². The molecule has 4 rings (SSSR count). The van der Waals surface area contributed by atoms with Gasteiger partial charge in [-0.25, -0.2) is 0 Å². The lowest BCUT2D eigenvalue weighted by Gasteiger charge is -2.29. The highest BCUT2D eigenvalue weighted by molar-refractivity contribution is 7.98. The summed E-state index contributed by atoms with van der Waals surface area (Å²) < 4.78 is 0. The Balaban J connectivity index is 1.54. The number of piperidine rings is 1. The van der Waals surface area contributed by atoms with Crippen LogP contribution in [0.15, 0.2) is 53.4 Å². The molecular weight excluding hydrogens is 348 g/mol. The van der Waals surface area contributed by atoms with Gasteiger partial charge in [-0.2, -0.15) is 0 Å². The van der Waals surface area contributed by atoms with Crippen LogP contribution in [0, 0.1) is 0 Å². The maximum absolute atomic E-state index is 12.8. The number of nitrogens with zero attached hydrogens (tertiary/aromatic N) is 1. The second-order valence-electron chi connectivity index (χ2n) is 6.46. The van der Waals surface area contributed by atoms with E-state index in [2.05, 4.69) is 17.4 Å². The lowest BCUT2D eigenvalue weighted by atomic mass is 10.0. The number of hydrogen-bond acceptors (Lipinski definition) is 4. The fraction of sp³-hybridized carbons (Fsp3) is 0.250. The number of carbonyl (C=O) groups excluding carboxylic acids is 3. The normalized spacial score (nSPS) is 19.5. The summed E-state index contributed by atoms with van der Waals surface area (Å²) in [5.74, 6) is 0.0521. The summed E-state index contributed by atoms with van der Waals surface area (Å²) in [6.45, 7) is 0.415. The van der Waals surface area contributed by atoms with Gasteiger partial charge >= 0.3 is 0 Å². The highest BCUT2D eigenvalue weighted by Gasteiger charge is 2.39. The molecule has 26 heavy (non-hydrogen) atoms. The summed E-state index contributed by atoms with van der Waals surface area (Å²) >= 11 is 1.70. The molecule has 1 atom stereocenters.